The Morgan fingerprint density at radius 3 is 1.08 bits per heavy atom. The molecule has 0 aliphatic heterocycles. The van der Waals surface area contributed by atoms with Crippen LogP contribution in [0.1, 0.15) is 206 Å². The van der Waals surface area contributed by atoms with Gasteiger partial charge in [-0.3, -0.25) is 14.2 Å². The van der Waals surface area contributed by atoms with E-state index in [2.05, 4.69) is 148 Å². The molecule has 0 bridgehead atoms. The van der Waals surface area contributed by atoms with E-state index in [1.54, 1.807) is 0 Å². The van der Waals surface area contributed by atoms with Crippen molar-refractivity contribution in [1.82, 2.24) is 0 Å². The van der Waals surface area contributed by atoms with Crippen LogP contribution in [-0.4, -0.2) is 70.0 Å². The Balaban J connectivity index is 4.27. The Bertz CT molecular complexity index is 1710. The van der Waals surface area contributed by atoms with Crippen molar-refractivity contribution in [3.8, 4) is 0 Å². The quantitative estimate of drug-likeness (QED) is 0.0195. The number of nitrogens with zero attached hydrogens (tertiary/aromatic N) is 1. The molecule has 0 aliphatic rings. The Morgan fingerprint density at radius 1 is 0.419 bits per heavy atom. The number of quaternary nitrogens is 1. The Hall–Kier alpha value is -3.85. The van der Waals surface area contributed by atoms with Crippen molar-refractivity contribution in [2.75, 3.05) is 47.5 Å². The fraction of sp³-hybridized carbons (Fsp3) is 0.625. The number of unbranched alkanes of at least 4 members (excludes halogenated alkanes) is 15. The van der Waals surface area contributed by atoms with Crippen LogP contribution in [0.25, 0.3) is 0 Å². The summed E-state index contributed by atoms with van der Waals surface area (Å²) in [6, 6.07) is 0. The number of phosphoric ester groups is 1. The molecular weight excluding hydrogens is 942 g/mol. The third-order valence-corrected chi connectivity index (χ3v) is 12.6. The van der Waals surface area contributed by atoms with Crippen LogP contribution >= 0.6 is 7.82 Å². The monoisotopic (exact) mass is 1050 g/mol. The highest BCUT2D eigenvalue weighted by Crippen LogP contribution is 2.38. The number of hydrogen-bond donors (Lipinski definition) is 0. The number of esters is 2. The maximum absolute atomic E-state index is 12.8. The maximum Gasteiger partial charge on any atom is 0.306 e. The van der Waals surface area contributed by atoms with E-state index in [1.165, 1.54) is 38.5 Å². The van der Waals surface area contributed by atoms with Crippen LogP contribution in [0.5, 0.6) is 0 Å². The van der Waals surface area contributed by atoms with E-state index in [-0.39, 0.29) is 26.1 Å². The van der Waals surface area contributed by atoms with Gasteiger partial charge in [-0.05, 0) is 109 Å². The molecule has 0 saturated heterocycles. The largest absolute Gasteiger partial charge is 0.756 e. The second-order valence-corrected chi connectivity index (χ2v) is 21.3. The lowest BCUT2D eigenvalue weighted by Gasteiger charge is -2.28. The van der Waals surface area contributed by atoms with Crippen LogP contribution in [-0.2, 0) is 32.7 Å². The minimum atomic E-state index is -4.65. The summed E-state index contributed by atoms with van der Waals surface area (Å²) in [5.41, 5.74) is 0. The van der Waals surface area contributed by atoms with Crippen molar-refractivity contribution < 1.29 is 42.1 Å². The number of carbonyl (C=O) groups excluding carboxylic acids is 2. The third kappa shape index (κ3) is 57.4. The summed E-state index contributed by atoms with van der Waals surface area (Å²) in [5.74, 6) is -0.870. The van der Waals surface area contributed by atoms with Gasteiger partial charge in [0, 0.05) is 12.8 Å². The molecular formula is C64H106NO8P. The second-order valence-electron chi connectivity index (χ2n) is 19.9. The molecule has 0 amide bonds. The van der Waals surface area contributed by atoms with E-state index in [0.717, 1.165) is 128 Å². The van der Waals surface area contributed by atoms with E-state index in [0.29, 0.717) is 23.9 Å². The van der Waals surface area contributed by atoms with E-state index in [1.807, 2.05) is 21.1 Å². The third-order valence-electron chi connectivity index (χ3n) is 11.7. The summed E-state index contributed by atoms with van der Waals surface area (Å²) in [5, 5.41) is 0. The fourth-order valence-corrected chi connectivity index (χ4v) is 8.00. The zero-order valence-corrected chi connectivity index (χ0v) is 48.4. The van der Waals surface area contributed by atoms with Crippen molar-refractivity contribution in [1.29, 1.82) is 0 Å². The predicted molar refractivity (Wildman–Crippen MR) is 314 cm³/mol. The molecule has 0 aromatic rings. The van der Waals surface area contributed by atoms with Gasteiger partial charge in [0.2, 0.25) is 0 Å². The van der Waals surface area contributed by atoms with Crippen LogP contribution in [0.3, 0.4) is 0 Å². The predicted octanol–water partition coefficient (Wildman–Crippen LogP) is 17.5. The van der Waals surface area contributed by atoms with E-state index in [9.17, 15) is 19.0 Å². The van der Waals surface area contributed by atoms with E-state index in [4.69, 9.17) is 18.5 Å². The lowest BCUT2D eigenvalue weighted by Crippen LogP contribution is -2.37. The molecule has 2 atom stereocenters. The minimum Gasteiger partial charge on any atom is -0.756 e. The van der Waals surface area contributed by atoms with E-state index >= 15 is 0 Å². The first kappa shape index (κ1) is 70.1. The van der Waals surface area contributed by atoms with Crippen molar-refractivity contribution in [3.05, 3.63) is 134 Å². The summed E-state index contributed by atoms with van der Waals surface area (Å²) in [4.78, 5) is 37.9. The molecule has 0 spiro atoms. The number of rotatable bonds is 51. The second kappa shape index (κ2) is 54.0. The first-order chi connectivity index (χ1) is 36.0. The van der Waals surface area contributed by atoms with Crippen molar-refractivity contribution in [2.24, 2.45) is 0 Å². The van der Waals surface area contributed by atoms with Gasteiger partial charge in [0.05, 0.1) is 27.7 Å². The van der Waals surface area contributed by atoms with Crippen LogP contribution in [0, 0.1) is 0 Å². The summed E-state index contributed by atoms with van der Waals surface area (Å²) in [6.07, 6.45) is 77.7. The highest BCUT2D eigenvalue weighted by molar-refractivity contribution is 7.45. The smallest absolute Gasteiger partial charge is 0.306 e. The van der Waals surface area contributed by atoms with Gasteiger partial charge >= 0.3 is 11.9 Å². The molecule has 0 N–H and O–H groups in total. The average Bonchev–Trinajstić information content (AvgIpc) is 3.36. The van der Waals surface area contributed by atoms with Gasteiger partial charge in [0.1, 0.15) is 19.8 Å². The molecule has 74 heavy (non-hydrogen) atoms. The van der Waals surface area contributed by atoms with Gasteiger partial charge in [0.15, 0.2) is 6.10 Å². The molecule has 0 fully saturated rings. The van der Waals surface area contributed by atoms with Crippen molar-refractivity contribution in [2.45, 2.75) is 213 Å². The topological polar surface area (TPSA) is 111 Å². The normalized spacial score (nSPS) is 14.3. The molecule has 0 aromatic heterocycles. The molecule has 2 unspecified atom stereocenters. The average molecular weight is 1050 g/mol. The van der Waals surface area contributed by atoms with Crippen LogP contribution in [0.2, 0.25) is 0 Å². The fourth-order valence-electron chi connectivity index (χ4n) is 7.27. The zero-order chi connectivity index (χ0) is 54.2. The Labute approximate surface area is 453 Å². The number of carbonyl (C=O) groups is 2. The first-order valence-corrected chi connectivity index (χ1v) is 30.4. The van der Waals surface area contributed by atoms with Gasteiger partial charge in [-0.25, -0.2) is 0 Å². The number of ether oxygens (including phenoxy) is 2. The highest BCUT2D eigenvalue weighted by Gasteiger charge is 2.21. The van der Waals surface area contributed by atoms with Gasteiger partial charge in [-0.2, -0.15) is 0 Å². The summed E-state index contributed by atoms with van der Waals surface area (Å²) in [6.45, 7) is 3.97. The zero-order valence-electron chi connectivity index (χ0n) is 47.5. The van der Waals surface area contributed by atoms with Crippen LogP contribution in [0.15, 0.2) is 134 Å². The van der Waals surface area contributed by atoms with Crippen LogP contribution < -0.4 is 4.89 Å². The van der Waals surface area contributed by atoms with Gasteiger partial charge < -0.3 is 27.9 Å². The highest BCUT2D eigenvalue weighted by atomic mass is 31.2. The summed E-state index contributed by atoms with van der Waals surface area (Å²) >= 11 is 0. The molecule has 0 aromatic carbocycles. The molecule has 0 rings (SSSR count). The molecule has 0 aliphatic carbocycles. The summed E-state index contributed by atoms with van der Waals surface area (Å²) in [7, 11) is 1.13. The van der Waals surface area contributed by atoms with Gasteiger partial charge in [-0.15, -0.1) is 0 Å². The molecule has 0 saturated carbocycles. The van der Waals surface area contributed by atoms with Gasteiger partial charge in [-0.1, -0.05) is 218 Å². The van der Waals surface area contributed by atoms with E-state index < -0.39 is 32.5 Å². The number of allylic oxidation sites excluding steroid dienone is 22. The SMILES string of the molecule is CC/C=C\C/C=C\C/C=C\C/C=C\C/C=C\C/C=C\C/C=C\CCCCCCCC(=O)OC(COC(=O)CCCCCCCCCCCC/C=C\C/C=C\C/C=C\C/C=C\CC)COP(=O)([O-])OCC[N+](C)(C)C. The number of hydrogen-bond acceptors (Lipinski definition) is 8. The summed E-state index contributed by atoms with van der Waals surface area (Å²) < 4.78 is 34.1. The lowest BCUT2D eigenvalue weighted by molar-refractivity contribution is -0.870. The Morgan fingerprint density at radius 2 is 0.730 bits per heavy atom. The Kier molecular flexibility index (Phi) is 51.2. The van der Waals surface area contributed by atoms with Crippen molar-refractivity contribution >= 4 is 19.8 Å². The van der Waals surface area contributed by atoms with Gasteiger partial charge in [0.25, 0.3) is 7.82 Å². The number of likely N-dealkylation sites (N-methyl/N-ethyl adjacent to an activating group) is 1. The minimum absolute atomic E-state index is 0.0436. The lowest BCUT2D eigenvalue weighted by atomic mass is 10.1. The molecule has 0 heterocycles. The molecule has 420 valence electrons. The standard InChI is InChI=1S/C64H106NO8P/c1-6-8-10-12-14-16-18-20-22-24-26-28-30-31-32-33-35-37-39-41-43-45-47-49-51-53-55-57-64(67)73-62(61-72-74(68,69)71-59-58-65(3,4)5)60-70-63(66)56-54-52-50-48-46-44-42-40-38-36-34-29-27-25-23-21-19-17-15-13-11-9-7-2/h8-11,14-17,20-23,26-29,31-32,35,37,41,43,62H,6-7,12-13,18-19,24-25,30,33-34,36,38-40,42,44-61H2,1-5H3/b10-8-,11-9-,16-14-,17-15-,22-20-,23-21-,28-26-,29-27-,32-31-,37-35-,43-41-. The molecule has 10 heteroatoms. The maximum atomic E-state index is 12.8. The van der Waals surface area contributed by atoms with Crippen LogP contribution in [0.4, 0.5) is 0 Å². The number of phosphoric acid groups is 1. The molecule has 0 radical (unpaired) electrons. The van der Waals surface area contributed by atoms with Crippen molar-refractivity contribution in [3.63, 3.8) is 0 Å². The molecule has 9 nitrogen and oxygen atoms in total. The first-order valence-electron chi connectivity index (χ1n) is 28.9.